The first-order valence-electron chi connectivity index (χ1n) is 14.5. The number of benzene rings is 2. The number of amides is 5. The number of imide groups is 1. The molecule has 3 N–H and O–H groups in total. The van der Waals surface area contributed by atoms with E-state index in [0.29, 0.717) is 19.4 Å². The van der Waals surface area contributed by atoms with Crippen molar-refractivity contribution in [3.8, 4) is 0 Å². The SMILES string of the molecule is C[C@H]1C(=O)N(Cc2ccccc2)C(=O)N2CCC[C@H](NC(=O)[C@H](Cc3c[nH]c4ccccc34)NC(=O)OC(C)(C)C)[C@H]12. The molecule has 42 heavy (non-hydrogen) atoms. The van der Waals surface area contributed by atoms with Crippen LogP contribution in [0.3, 0.4) is 0 Å². The van der Waals surface area contributed by atoms with Crippen LogP contribution in [-0.2, 0) is 27.3 Å². The molecule has 2 aliphatic heterocycles. The number of carbonyl (C=O) groups excluding carboxylic acids is 4. The molecule has 10 nitrogen and oxygen atoms in total. The van der Waals surface area contributed by atoms with E-state index in [1.807, 2.05) is 67.7 Å². The van der Waals surface area contributed by atoms with E-state index in [0.717, 1.165) is 22.0 Å². The highest BCUT2D eigenvalue weighted by Gasteiger charge is 2.49. The third-order valence-electron chi connectivity index (χ3n) is 7.95. The van der Waals surface area contributed by atoms with Gasteiger partial charge in [0.25, 0.3) is 0 Å². The summed E-state index contributed by atoms with van der Waals surface area (Å²) >= 11 is 0. The summed E-state index contributed by atoms with van der Waals surface area (Å²) < 4.78 is 5.47. The number of aromatic amines is 1. The van der Waals surface area contributed by atoms with Gasteiger partial charge in [0, 0.05) is 30.1 Å². The van der Waals surface area contributed by atoms with E-state index in [1.54, 1.807) is 25.7 Å². The van der Waals surface area contributed by atoms with Gasteiger partial charge < -0.3 is 25.3 Å². The number of para-hydroxylation sites is 1. The molecule has 2 fully saturated rings. The number of rotatable bonds is 7. The van der Waals surface area contributed by atoms with Gasteiger partial charge in [0.1, 0.15) is 11.6 Å². The predicted octanol–water partition coefficient (Wildman–Crippen LogP) is 4.35. The third-order valence-corrected chi connectivity index (χ3v) is 7.95. The van der Waals surface area contributed by atoms with E-state index in [2.05, 4.69) is 15.6 Å². The lowest BCUT2D eigenvalue weighted by Gasteiger charge is -2.49. The molecular weight excluding hydrogens is 534 g/mol. The van der Waals surface area contributed by atoms with E-state index >= 15 is 0 Å². The number of aromatic nitrogens is 1. The number of hydrogen-bond acceptors (Lipinski definition) is 5. The topological polar surface area (TPSA) is 124 Å². The molecule has 2 saturated heterocycles. The Hall–Kier alpha value is -4.34. The van der Waals surface area contributed by atoms with Gasteiger partial charge in [0.2, 0.25) is 11.8 Å². The fourth-order valence-electron chi connectivity index (χ4n) is 6.03. The molecule has 222 valence electrons. The number of nitrogens with one attached hydrogen (secondary N) is 3. The average Bonchev–Trinajstić information content (AvgIpc) is 3.36. The van der Waals surface area contributed by atoms with Crippen molar-refractivity contribution in [2.45, 2.75) is 77.2 Å². The van der Waals surface area contributed by atoms with Crippen LogP contribution in [-0.4, -0.2) is 69.0 Å². The maximum absolute atomic E-state index is 13.8. The standard InChI is InChI=1S/C32H39N5O5/c1-20-27-25(15-10-16-36(27)31(41)37(29(20)39)19-21-11-6-5-7-12-21)34-28(38)26(35-30(40)42-32(2,3)4)17-22-18-33-24-14-9-8-13-23(22)24/h5-9,11-14,18,20,25-27,33H,10,15-17,19H2,1-4H3,(H,34,38)(H,35,40)/t20-,25+,26+,27+/m1/s1. The molecule has 4 atom stereocenters. The molecule has 3 heterocycles. The Morgan fingerprint density at radius 3 is 2.52 bits per heavy atom. The second kappa shape index (κ2) is 11.9. The van der Waals surface area contributed by atoms with Gasteiger partial charge in [-0.1, -0.05) is 55.5 Å². The average molecular weight is 574 g/mol. The van der Waals surface area contributed by atoms with Crippen LogP contribution in [0.4, 0.5) is 9.59 Å². The maximum atomic E-state index is 13.8. The van der Waals surface area contributed by atoms with Gasteiger partial charge in [-0.05, 0) is 50.8 Å². The number of ether oxygens (including phenoxy) is 1. The maximum Gasteiger partial charge on any atom is 0.408 e. The first-order valence-corrected chi connectivity index (χ1v) is 14.5. The summed E-state index contributed by atoms with van der Waals surface area (Å²) in [6, 6.07) is 15.0. The van der Waals surface area contributed by atoms with Crippen LogP contribution in [0.15, 0.2) is 60.8 Å². The van der Waals surface area contributed by atoms with E-state index in [9.17, 15) is 19.2 Å². The normalized spacial score (nSPS) is 21.6. The summed E-state index contributed by atoms with van der Waals surface area (Å²) in [6.07, 6.45) is 2.67. The molecule has 1 aromatic heterocycles. The fourth-order valence-corrected chi connectivity index (χ4v) is 6.03. The quantitative estimate of drug-likeness (QED) is 0.388. The molecular formula is C32H39N5O5. The molecule has 2 aromatic carbocycles. The summed E-state index contributed by atoms with van der Waals surface area (Å²) in [7, 11) is 0. The number of fused-ring (bicyclic) bond motifs is 2. The zero-order chi connectivity index (χ0) is 30.0. The van der Waals surface area contributed by atoms with Crippen molar-refractivity contribution in [2.75, 3.05) is 6.54 Å². The highest BCUT2D eigenvalue weighted by molar-refractivity contribution is 5.99. The summed E-state index contributed by atoms with van der Waals surface area (Å²) in [5, 5.41) is 6.82. The molecule has 10 heteroatoms. The van der Waals surface area contributed by atoms with Gasteiger partial charge >= 0.3 is 12.1 Å². The Morgan fingerprint density at radius 2 is 1.79 bits per heavy atom. The van der Waals surface area contributed by atoms with Gasteiger partial charge in [0.15, 0.2) is 0 Å². The summed E-state index contributed by atoms with van der Waals surface area (Å²) in [5.74, 6) is -1.16. The second-order valence-corrected chi connectivity index (χ2v) is 12.2. The van der Waals surface area contributed by atoms with Crippen molar-refractivity contribution >= 4 is 34.8 Å². The summed E-state index contributed by atoms with van der Waals surface area (Å²) in [4.78, 5) is 59.9. The number of nitrogens with zero attached hydrogens (tertiary/aromatic N) is 2. The molecule has 0 spiro atoms. The second-order valence-electron chi connectivity index (χ2n) is 12.2. The third kappa shape index (κ3) is 6.27. The van der Waals surface area contributed by atoms with Crippen LogP contribution in [0.1, 0.15) is 51.7 Å². The van der Waals surface area contributed by atoms with Crippen molar-refractivity contribution in [3.05, 3.63) is 71.9 Å². The zero-order valence-electron chi connectivity index (χ0n) is 24.6. The van der Waals surface area contributed by atoms with E-state index < -0.39 is 41.6 Å². The van der Waals surface area contributed by atoms with Crippen LogP contribution in [0.2, 0.25) is 0 Å². The monoisotopic (exact) mass is 573 g/mol. The number of alkyl carbamates (subject to hydrolysis) is 1. The first-order chi connectivity index (χ1) is 20.0. The molecule has 3 aromatic rings. The molecule has 5 amide bonds. The fraction of sp³-hybridized carbons (Fsp3) is 0.438. The van der Waals surface area contributed by atoms with Crippen molar-refractivity contribution in [1.82, 2.24) is 25.4 Å². The molecule has 0 aliphatic carbocycles. The van der Waals surface area contributed by atoms with E-state index in [1.165, 1.54) is 4.90 Å². The van der Waals surface area contributed by atoms with Crippen molar-refractivity contribution < 1.29 is 23.9 Å². The van der Waals surface area contributed by atoms with Gasteiger partial charge in [-0.25, -0.2) is 9.59 Å². The number of carbonyl (C=O) groups is 4. The molecule has 0 unspecified atom stereocenters. The highest BCUT2D eigenvalue weighted by atomic mass is 16.6. The first kappa shape index (κ1) is 29.2. The minimum atomic E-state index is -0.936. The lowest BCUT2D eigenvalue weighted by molar-refractivity contribution is -0.141. The predicted molar refractivity (Wildman–Crippen MR) is 158 cm³/mol. The smallest absolute Gasteiger partial charge is 0.408 e. The Morgan fingerprint density at radius 1 is 1.07 bits per heavy atom. The number of hydrogen-bond donors (Lipinski definition) is 3. The molecule has 2 aliphatic rings. The highest BCUT2D eigenvalue weighted by Crippen LogP contribution is 2.32. The van der Waals surface area contributed by atoms with Gasteiger partial charge in [0.05, 0.1) is 24.5 Å². The number of piperidine rings is 1. The largest absolute Gasteiger partial charge is 0.444 e. The number of H-pyrrole nitrogens is 1. The Labute approximate surface area is 245 Å². The minimum Gasteiger partial charge on any atom is -0.444 e. The Bertz CT molecular complexity index is 1460. The van der Waals surface area contributed by atoms with E-state index in [4.69, 9.17) is 4.74 Å². The summed E-state index contributed by atoms with van der Waals surface area (Å²) in [5.41, 5.74) is 1.94. The van der Waals surface area contributed by atoms with Gasteiger partial charge in [-0.2, -0.15) is 0 Å². The minimum absolute atomic E-state index is 0.204. The molecule has 0 bridgehead atoms. The van der Waals surface area contributed by atoms with Crippen molar-refractivity contribution in [3.63, 3.8) is 0 Å². The molecule has 5 rings (SSSR count). The lowest BCUT2D eigenvalue weighted by Crippen LogP contribution is -2.69. The van der Waals surface area contributed by atoms with Crippen LogP contribution in [0.25, 0.3) is 10.9 Å². The Balaban J connectivity index is 1.35. The van der Waals surface area contributed by atoms with Gasteiger partial charge in [-0.3, -0.25) is 14.5 Å². The molecule has 0 saturated carbocycles. The summed E-state index contributed by atoms with van der Waals surface area (Å²) in [6.45, 7) is 7.81. The van der Waals surface area contributed by atoms with Crippen molar-refractivity contribution in [2.24, 2.45) is 5.92 Å². The van der Waals surface area contributed by atoms with E-state index in [-0.39, 0.29) is 24.9 Å². The van der Waals surface area contributed by atoms with Crippen LogP contribution in [0, 0.1) is 5.92 Å². The molecule has 0 radical (unpaired) electrons. The lowest BCUT2D eigenvalue weighted by atomic mass is 9.84. The van der Waals surface area contributed by atoms with Crippen molar-refractivity contribution in [1.29, 1.82) is 0 Å². The van der Waals surface area contributed by atoms with Crippen LogP contribution in [0.5, 0.6) is 0 Å². The van der Waals surface area contributed by atoms with Crippen LogP contribution < -0.4 is 10.6 Å². The zero-order valence-corrected chi connectivity index (χ0v) is 24.6. The Kier molecular flexibility index (Phi) is 8.24. The van der Waals surface area contributed by atoms with Crippen LogP contribution >= 0.6 is 0 Å². The van der Waals surface area contributed by atoms with Gasteiger partial charge in [-0.15, -0.1) is 0 Å². The number of urea groups is 1.